The fraction of sp³-hybridized carbons (Fsp3) is 0.400. The quantitative estimate of drug-likeness (QED) is 0.759. The number of aryl methyl sites for hydroxylation is 1. The highest BCUT2D eigenvalue weighted by atomic mass is 16.2. The summed E-state index contributed by atoms with van der Waals surface area (Å²) in [7, 11) is 0. The van der Waals surface area contributed by atoms with E-state index in [0.29, 0.717) is 6.54 Å². The highest BCUT2D eigenvalue weighted by Crippen LogP contribution is 2.19. The molecule has 4 heteroatoms. The van der Waals surface area contributed by atoms with Crippen LogP contribution in [-0.4, -0.2) is 24.1 Å². The van der Waals surface area contributed by atoms with E-state index in [4.69, 9.17) is 0 Å². The number of carbonyl (C=O) groups excluding carboxylic acids is 1. The molecular formula is C15H21N3O. The van der Waals surface area contributed by atoms with E-state index in [0.717, 1.165) is 24.9 Å². The Balaban J connectivity index is 1.91. The first kappa shape index (κ1) is 13.5. The summed E-state index contributed by atoms with van der Waals surface area (Å²) in [6.07, 6.45) is 3.81. The number of aromatic amines is 1. The van der Waals surface area contributed by atoms with Gasteiger partial charge in [0.25, 0.3) is 0 Å². The Hall–Kier alpha value is -1.97. The summed E-state index contributed by atoms with van der Waals surface area (Å²) in [5.74, 6) is 0. The largest absolute Gasteiger partial charge is 0.361 e. The van der Waals surface area contributed by atoms with Crippen LogP contribution >= 0.6 is 0 Å². The van der Waals surface area contributed by atoms with E-state index in [1.807, 2.05) is 13.1 Å². The van der Waals surface area contributed by atoms with Crippen LogP contribution in [0.1, 0.15) is 24.5 Å². The first-order valence-electron chi connectivity index (χ1n) is 6.79. The lowest BCUT2D eigenvalue weighted by molar-refractivity contribution is 0.241. The molecule has 1 aromatic heterocycles. The zero-order chi connectivity index (χ0) is 13.7. The highest BCUT2D eigenvalue weighted by molar-refractivity contribution is 5.84. The zero-order valence-corrected chi connectivity index (χ0v) is 11.5. The van der Waals surface area contributed by atoms with Crippen LogP contribution in [0.5, 0.6) is 0 Å². The number of rotatable bonds is 5. The van der Waals surface area contributed by atoms with E-state index in [-0.39, 0.29) is 6.03 Å². The number of amides is 2. The lowest BCUT2D eigenvalue weighted by Crippen LogP contribution is -2.36. The monoisotopic (exact) mass is 259 g/mol. The second kappa shape index (κ2) is 6.27. The number of fused-ring (bicyclic) bond motifs is 1. The third kappa shape index (κ3) is 3.50. The Morgan fingerprint density at radius 3 is 2.84 bits per heavy atom. The van der Waals surface area contributed by atoms with Gasteiger partial charge in [-0.15, -0.1) is 0 Å². The molecule has 2 rings (SSSR count). The Bertz CT molecular complexity index is 560. The first-order chi connectivity index (χ1) is 9.20. The second-order valence-electron chi connectivity index (χ2n) is 4.80. The van der Waals surface area contributed by atoms with E-state index in [2.05, 4.69) is 40.7 Å². The van der Waals surface area contributed by atoms with E-state index in [1.165, 1.54) is 16.5 Å². The van der Waals surface area contributed by atoms with Gasteiger partial charge in [-0.1, -0.05) is 18.6 Å². The van der Waals surface area contributed by atoms with Gasteiger partial charge >= 0.3 is 6.03 Å². The minimum Gasteiger partial charge on any atom is -0.361 e. The number of hydrogen-bond donors (Lipinski definition) is 3. The lowest BCUT2D eigenvalue weighted by Gasteiger charge is -2.06. The van der Waals surface area contributed by atoms with Crippen molar-refractivity contribution >= 4 is 16.9 Å². The molecule has 0 saturated carbocycles. The number of hydrogen-bond acceptors (Lipinski definition) is 1. The van der Waals surface area contributed by atoms with Crippen molar-refractivity contribution in [3.8, 4) is 0 Å². The first-order valence-corrected chi connectivity index (χ1v) is 6.79. The van der Waals surface area contributed by atoms with Crippen LogP contribution in [0.2, 0.25) is 0 Å². The molecule has 3 N–H and O–H groups in total. The fourth-order valence-electron chi connectivity index (χ4n) is 2.11. The average Bonchev–Trinajstić information content (AvgIpc) is 2.79. The molecule has 0 bridgehead atoms. The van der Waals surface area contributed by atoms with E-state index in [1.54, 1.807) is 0 Å². The summed E-state index contributed by atoms with van der Waals surface area (Å²) >= 11 is 0. The summed E-state index contributed by atoms with van der Waals surface area (Å²) in [5.41, 5.74) is 3.65. The standard InChI is InChI=1S/C15H21N3O/c1-3-7-16-15(19)17-8-6-12-10-18-14-5-4-11(2)9-13(12)14/h4-5,9-10,18H,3,6-8H2,1-2H3,(H2,16,17,19). The molecular weight excluding hydrogens is 238 g/mol. The van der Waals surface area contributed by atoms with Crippen molar-refractivity contribution in [2.75, 3.05) is 13.1 Å². The molecule has 2 aromatic rings. The second-order valence-corrected chi connectivity index (χ2v) is 4.80. The Kier molecular flexibility index (Phi) is 4.44. The molecule has 0 atom stereocenters. The molecule has 0 aliphatic rings. The molecule has 0 fully saturated rings. The van der Waals surface area contributed by atoms with Crippen LogP contribution < -0.4 is 10.6 Å². The SMILES string of the molecule is CCCNC(=O)NCCc1c[nH]c2ccc(C)cc12. The van der Waals surface area contributed by atoms with Gasteiger partial charge in [0.05, 0.1) is 0 Å². The number of urea groups is 1. The van der Waals surface area contributed by atoms with Crippen molar-refractivity contribution < 1.29 is 4.79 Å². The predicted octanol–water partition coefficient (Wildman–Crippen LogP) is 2.73. The minimum absolute atomic E-state index is 0.0853. The molecule has 0 aliphatic carbocycles. The fourth-order valence-corrected chi connectivity index (χ4v) is 2.11. The van der Waals surface area contributed by atoms with Gasteiger partial charge in [-0.25, -0.2) is 4.79 Å². The van der Waals surface area contributed by atoms with Crippen molar-refractivity contribution in [1.29, 1.82) is 0 Å². The van der Waals surface area contributed by atoms with Crippen molar-refractivity contribution in [3.05, 3.63) is 35.5 Å². The van der Waals surface area contributed by atoms with Crippen LogP contribution in [0.25, 0.3) is 10.9 Å². The Morgan fingerprint density at radius 2 is 2.05 bits per heavy atom. The summed E-state index contributed by atoms with van der Waals surface area (Å²) in [4.78, 5) is 14.7. The van der Waals surface area contributed by atoms with Crippen molar-refractivity contribution in [1.82, 2.24) is 15.6 Å². The Labute approximate surface area is 113 Å². The summed E-state index contributed by atoms with van der Waals surface area (Å²) < 4.78 is 0. The molecule has 2 amide bonds. The number of carbonyl (C=O) groups is 1. The van der Waals surface area contributed by atoms with E-state index < -0.39 is 0 Å². The van der Waals surface area contributed by atoms with Crippen molar-refractivity contribution in [3.63, 3.8) is 0 Å². The van der Waals surface area contributed by atoms with Gasteiger partial charge < -0.3 is 15.6 Å². The maximum absolute atomic E-state index is 11.4. The van der Waals surface area contributed by atoms with Crippen LogP contribution in [-0.2, 0) is 6.42 Å². The number of aromatic nitrogens is 1. The molecule has 0 aliphatic heterocycles. The topological polar surface area (TPSA) is 56.9 Å². The summed E-state index contributed by atoms with van der Waals surface area (Å²) in [5, 5.41) is 6.92. The van der Waals surface area contributed by atoms with Gasteiger partial charge in [0.2, 0.25) is 0 Å². The number of nitrogens with one attached hydrogen (secondary N) is 3. The van der Waals surface area contributed by atoms with Gasteiger partial charge in [0.15, 0.2) is 0 Å². The molecule has 4 nitrogen and oxygen atoms in total. The van der Waals surface area contributed by atoms with Crippen molar-refractivity contribution in [2.45, 2.75) is 26.7 Å². The molecule has 0 unspecified atom stereocenters. The minimum atomic E-state index is -0.0853. The smallest absolute Gasteiger partial charge is 0.314 e. The van der Waals surface area contributed by atoms with Gasteiger partial charge in [-0.2, -0.15) is 0 Å². The van der Waals surface area contributed by atoms with Gasteiger partial charge in [-0.05, 0) is 37.5 Å². The van der Waals surface area contributed by atoms with Gasteiger partial charge in [0, 0.05) is 30.2 Å². The number of H-pyrrole nitrogens is 1. The average molecular weight is 259 g/mol. The maximum atomic E-state index is 11.4. The normalized spacial score (nSPS) is 10.6. The van der Waals surface area contributed by atoms with Crippen molar-refractivity contribution in [2.24, 2.45) is 0 Å². The van der Waals surface area contributed by atoms with E-state index in [9.17, 15) is 4.79 Å². The number of benzene rings is 1. The van der Waals surface area contributed by atoms with Gasteiger partial charge in [-0.3, -0.25) is 0 Å². The molecule has 1 heterocycles. The third-order valence-corrected chi connectivity index (χ3v) is 3.14. The zero-order valence-electron chi connectivity index (χ0n) is 11.5. The molecule has 0 saturated heterocycles. The highest BCUT2D eigenvalue weighted by Gasteiger charge is 2.04. The summed E-state index contributed by atoms with van der Waals surface area (Å²) in [6, 6.07) is 6.28. The molecule has 19 heavy (non-hydrogen) atoms. The third-order valence-electron chi connectivity index (χ3n) is 3.14. The molecule has 102 valence electrons. The molecule has 0 radical (unpaired) electrons. The lowest BCUT2D eigenvalue weighted by atomic mass is 10.1. The molecule has 1 aromatic carbocycles. The van der Waals surface area contributed by atoms with Gasteiger partial charge in [0.1, 0.15) is 0 Å². The maximum Gasteiger partial charge on any atom is 0.314 e. The summed E-state index contributed by atoms with van der Waals surface area (Å²) in [6.45, 7) is 5.50. The van der Waals surface area contributed by atoms with Crippen LogP contribution in [0, 0.1) is 6.92 Å². The van der Waals surface area contributed by atoms with Crippen LogP contribution in [0.4, 0.5) is 4.79 Å². The van der Waals surface area contributed by atoms with Crippen LogP contribution in [0.3, 0.4) is 0 Å². The Morgan fingerprint density at radius 1 is 1.26 bits per heavy atom. The predicted molar refractivity (Wildman–Crippen MR) is 78.4 cm³/mol. The molecule has 0 spiro atoms. The van der Waals surface area contributed by atoms with Crippen LogP contribution in [0.15, 0.2) is 24.4 Å². The van der Waals surface area contributed by atoms with E-state index >= 15 is 0 Å².